The van der Waals surface area contributed by atoms with Crippen molar-refractivity contribution in [2.75, 3.05) is 4.90 Å². The van der Waals surface area contributed by atoms with Gasteiger partial charge < -0.3 is 15.7 Å². The number of halogens is 2. The van der Waals surface area contributed by atoms with Crippen molar-refractivity contribution in [2.24, 2.45) is 10.7 Å². The van der Waals surface area contributed by atoms with E-state index in [2.05, 4.69) is 20.9 Å². The van der Waals surface area contributed by atoms with E-state index >= 15 is 0 Å². The van der Waals surface area contributed by atoms with Crippen LogP contribution in [0.3, 0.4) is 0 Å². The molecule has 6 nitrogen and oxygen atoms in total. The maximum atomic E-state index is 13.3. The number of amides is 2. The van der Waals surface area contributed by atoms with Gasteiger partial charge in [0, 0.05) is 15.1 Å². The predicted octanol–water partition coefficient (Wildman–Crippen LogP) is 2.79. The fourth-order valence-electron chi connectivity index (χ4n) is 3.32. The van der Waals surface area contributed by atoms with Crippen LogP contribution in [-0.4, -0.2) is 27.3 Å². The van der Waals surface area contributed by atoms with E-state index in [9.17, 15) is 14.7 Å². The number of aliphatic imine (C=N–C) groups is 1. The number of benzene rings is 2. The van der Waals surface area contributed by atoms with Crippen molar-refractivity contribution in [1.29, 1.82) is 0 Å². The standard InChI is InChI=1S/C18H13BrClN3O3S/c19-10-5-6-13-11(7-10)18(26,14-15(24)22-17(21)27-14)16(25)23(13)8-9-3-1-2-4-12(9)20/h1-7,14,26H,8H2,(H2,21,22,24). The van der Waals surface area contributed by atoms with Crippen LogP contribution < -0.4 is 10.6 Å². The second-order valence-electron chi connectivity index (χ2n) is 6.20. The van der Waals surface area contributed by atoms with E-state index in [1.807, 2.05) is 12.1 Å². The van der Waals surface area contributed by atoms with E-state index < -0.39 is 22.7 Å². The molecule has 2 aliphatic rings. The third-order valence-corrected chi connectivity index (χ3v) is 6.55. The van der Waals surface area contributed by atoms with Gasteiger partial charge >= 0.3 is 0 Å². The van der Waals surface area contributed by atoms with Gasteiger partial charge in [-0.15, -0.1) is 0 Å². The molecular formula is C18H13BrClN3O3S. The van der Waals surface area contributed by atoms with E-state index in [1.165, 1.54) is 4.90 Å². The monoisotopic (exact) mass is 465 g/mol. The van der Waals surface area contributed by atoms with E-state index in [-0.39, 0.29) is 11.7 Å². The molecule has 4 rings (SSSR count). The summed E-state index contributed by atoms with van der Waals surface area (Å²) in [5, 5.41) is 10.8. The molecule has 9 heteroatoms. The van der Waals surface area contributed by atoms with Crippen molar-refractivity contribution in [3.63, 3.8) is 0 Å². The Morgan fingerprint density at radius 3 is 2.70 bits per heavy atom. The van der Waals surface area contributed by atoms with Crippen LogP contribution in [-0.2, 0) is 21.7 Å². The Morgan fingerprint density at radius 1 is 1.30 bits per heavy atom. The van der Waals surface area contributed by atoms with Gasteiger partial charge in [0.25, 0.3) is 11.8 Å². The summed E-state index contributed by atoms with van der Waals surface area (Å²) in [7, 11) is 0. The van der Waals surface area contributed by atoms with Crippen LogP contribution in [0.1, 0.15) is 11.1 Å². The smallest absolute Gasteiger partial charge is 0.265 e. The first-order valence-corrected chi connectivity index (χ1v) is 10.00. The average molecular weight is 467 g/mol. The molecule has 2 aliphatic heterocycles. The number of anilines is 1. The summed E-state index contributed by atoms with van der Waals surface area (Å²) in [6.07, 6.45) is 0. The van der Waals surface area contributed by atoms with Crippen LogP contribution in [0, 0.1) is 0 Å². The van der Waals surface area contributed by atoms with Crippen LogP contribution in [0.25, 0.3) is 0 Å². The molecule has 2 aromatic carbocycles. The fourth-order valence-corrected chi connectivity index (χ4v) is 4.81. The van der Waals surface area contributed by atoms with Gasteiger partial charge in [0.15, 0.2) is 10.8 Å². The highest BCUT2D eigenvalue weighted by Crippen LogP contribution is 2.48. The molecule has 0 bridgehead atoms. The topological polar surface area (TPSA) is 96.0 Å². The molecule has 2 unspecified atom stereocenters. The van der Waals surface area contributed by atoms with Gasteiger partial charge in [0.1, 0.15) is 5.25 Å². The highest BCUT2D eigenvalue weighted by atomic mass is 79.9. The maximum Gasteiger partial charge on any atom is 0.265 e. The number of aliphatic hydroxyl groups is 1. The minimum absolute atomic E-state index is 0.0346. The second-order valence-corrected chi connectivity index (χ2v) is 8.64. The molecular weight excluding hydrogens is 454 g/mol. The number of hydrogen-bond donors (Lipinski definition) is 2. The highest BCUT2D eigenvalue weighted by Gasteiger charge is 2.59. The summed E-state index contributed by atoms with van der Waals surface area (Å²) in [6.45, 7) is 0.164. The number of thioether (sulfide) groups is 1. The van der Waals surface area contributed by atoms with E-state index in [1.54, 1.807) is 30.3 Å². The number of fused-ring (bicyclic) bond motifs is 1. The van der Waals surface area contributed by atoms with E-state index in [0.717, 1.165) is 17.3 Å². The third kappa shape index (κ3) is 2.87. The van der Waals surface area contributed by atoms with Gasteiger partial charge in [-0.25, -0.2) is 0 Å². The largest absolute Gasteiger partial charge is 0.378 e. The molecule has 0 spiro atoms. The zero-order valence-electron chi connectivity index (χ0n) is 13.7. The maximum absolute atomic E-state index is 13.3. The van der Waals surface area contributed by atoms with Crippen molar-refractivity contribution in [3.05, 3.63) is 63.1 Å². The molecule has 3 N–H and O–H groups in total. The molecule has 0 radical (unpaired) electrons. The summed E-state index contributed by atoms with van der Waals surface area (Å²) in [5.41, 5.74) is 5.17. The summed E-state index contributed by atoms with van der Waals surface area (Å²) in [6, 6.07) is 12.3. The van der Waals surface area contributed by atoms with Crippen molar-refractivity contribution >= 4 is 62.0 Å². The zero-order chi connectivity index (χ0) is 19.3. The van der Waals surface area contributed by atoms with Crippen LogP contribution in [0.15, 0.2) is 51.9 Å². The molecule has 2 aromatic rings. The molecule has 0 saturated carbocycles. The van der Waals surface area contributed by atoms with Crippen LogP contribution >= 0.6 is 39.3 Å². The van der Waals surface area contributed by atoms with Crippen LogP contribution in [0.5, 0.6) is 0 Å². The fraction of sp³-hybridized carbons (Fsp3) is 0.167. The number of amidine groups is 1. The quantitative estimate of drug-likeness (QED) is 0.725. The van der Waals surface area contributed by atoms with E-state index in [0.29, 0.717) is 20.7 Å². The lowest BCUT2D eigenvalue weighted by Crippen LogP contribution is -2.49. The summed E-state index contributed by atoms with van der Waals surface area (Å²) in [4.78, 5) is 30.7. The summed E-state index contributed by atoms with van der Waals surface area (Å²) < 4.78 is 0.677. The molecule has 0 aromatic heterocycles. The molecule has 0 fully saturated rings. The van der Waals surface area contributed by atoms with Crippen molar-refractivity contribution in [3.8, 4) is 0 Å². The van der Waals surface area contributed by atoms with Gasteiger partial charge in [0.2, 0.25) is 0 Å². The number of rotatable bonds is 3. The van der Waals surface area contributed by atoms with Crippen molar-refractivity contribution in [1.82, 2.24) is 0 Å². The third-order valence-electron chi connectivity index (χ3n) is 4.58. The van der Waals surface area contributed by atoms with Crippen molar-refractivity contribution < 1.29 is 14.7 Å². The summed E-state index contributed by atoms with van der Waals surface area (Å²) >= 11 is 10.5. The Bertz CT molecular complexity index is 1020. The Balaban J connectivity index is 1.82. The normalized spacial score (nSPS) is 24.3. The van der Waals surface area contributed by atoms with Gasteiger partial charge in [-0.3, -0.25) is 9.59 Å². The van der Waals surface area contributed by atoms with Gasteiger partial charge in [-0.05, 0) is 29.8 Å². The molecule has 2 heterocycles. The number of carbonyl (C=O) groups is 2. The SMILES string of the molecule is NC1=NC(=O)C(C2(O)C(=O)N(Cc3ccccc3Cl)c3ccc(Br)cc32)S1. The van der Waals surface area contributed by atoms with Crippen LogP contribution in [0.2, 0.25) is 5.02 Å². The Labute approximate surface area is 172 Å². The van der Waals surface area contributed by atoms with Gasteiger partial charge in [0.05, 0.1) is 12.2 Å². The molecule has 0 saturated heterocycles. The predicted molar refractivity (Wildman–Crippen MR) is 109 cm³/mol. The lowest BCUT2D eigenvalue weighted by atomic mass is 9.91. The van der Waals surface area contributed by atoms with Gasteiger partial charge in [-0.1, -0.05) is 57.5 Å². The van der Waals surface area contributed by atoms with Crippen molar-refractivity contribution in [2.45, 2.75) is 17.4 Å². The molecule has 2 amide bonds. The minimum Gasteiger partial charge on any atom is -0.378 e. The molecule has 138 valence electrons. The average Bonchev–Trinajstić information content (AvgIpc) is 3.07. The Morgan fingerprint density at radius 2 is 2.04 bits per heavy atom. The summed E-state index contributed by atoms with van der Waals surface area (Å²) in [5.74, 6) is -1.23. The highest BCUT2D eigenvalue weighted by molar-refractivity contribution is 9.10. The minimum atomic E-state index is -2.06. The zero-order valence-corrected chi connectivity index (χ0v) is 16.9. The molecule has 0 aliphatic carbocycles. The van der Waals surface area contributed by atoms with E-state index in [4.69, 9.17) is 17.3 Å². The number of nitrogens with zero attached hydrogens (tertiary/aromatic N) is 2. The van der Waals surface area contributed by atoms with Gasteiger partial charge in [-0.2, -0.15) is 4.99 Å². The first-order chi connectivity index (χ1) is 12.8. The lowest BCUT2D eigenvalue weighted by Gasteiger charge is -2.27. The Kier molecular flexibility index (Phi) is 4.54. The number of carbonyl (C=O) groups excluding carboxylic acids is 2. The van der Waals surface area contributed by atoms with Crippen LogP contribution in [0.4, 0.5) is 5.69 Å². The number of hydrogen-bond acceptors (Lipinski definition) is 5. The Hall–Kier alpha value is -1.87. The number of nitrogens with two attached hydrogens (primary N) is 1. The molecule has 27 heavy (non-hydrogen) atoms. The second kappa shape index (κ2) is 6.63. The lowest BCUT2D eigenvalue weighted by molar-refractivity contribution is -0.140. The molecule has 2 atom stereocenters. The first-order valence-electron chi connectivity index (χ1n) is 7.95. The first kappa shape index (κ1) is 18.5.